The summed E-state index contributed by atoms with van der Waals surface area (Å²) in [6, 6.07) is 5.42. The van der Waals surface area contributed by atoms with Gasteiger partial charge in [0.05, 0.1) is 0 Å². The highest BCUT2D eigenvalue weighted by molar-refractivity contribution is 6.30. The van der Waals surface area contributed by atoms with Crippen molar-refractivity contribution in [2.75, 3.05) is 6.61 Å². The molecule has 0 aliphatic heterocycles. The van der Waals surface area contributed by atoms with Crippen LogP contribution in [-0.2, 0) is 0 Å². The van der Waals surface area contributed by atoms with Crippen molar-refractivity contribution < 1.29 is 4.74 Å². The van der Waals surface area contributed by atoms with Gasteiger partial charge >= 0.3 is 0 Å². The zero-order chi connectivity index (χ0) is 11.3. The van der Waals surface area contributed by atoms with Crippen molar-refractivity contribution in [3.63, 3.8) is 0 Å². The Kier molecular flexibility index (Phi) is 4.66. The molecule has 0 bridgehead atoms. The van der Waals surface area contributed by atoms with E-state index in [-0.39, 0.29) is 6.04 Å². The summed E-state index contributed by atoms with van der Waals surface area (Å²) < 4.78 is 5.57. The molecule has 2 N–H and O–H groups in total. The number of halogens is 1. The molecule has 0 saturated carbocycles. The van der Waals surface area contributed by atoms with Gasteiger partial charge in [-0.2, -0.15) is 0 Å². The van der Waals surface area contributed by atoms with Crippen LogP contribution in [0.15, 0.2) is 30.4 Å². The highest BCUT2D eigenvalue weighted by atomic mass is 35.5. The topological polar surface area (TPSA) is 35.2 Å². The molecule has 1 rings (SSSR count). The van der Waals surface area contributed by atoms with Crippen molar-refractivity contribution in [1.82, 2.24) is 0 Å². The summed E-state index contributed by atoms with van der Waals surface area (Å²) >= 11 is 5.90. The summed E-state index contributed by atoms with van der Waals surface area (Å²) in [6.07, 6.45) is 3.89. The average Bonchev–Trinajstić information content (AvgIpc) is 2.20. The second kappa shape index (κ2) is 5.79. The fraction of sp³-hybridized carbons (Fsp3) is 0.333. The van der Waals surface area contributed by atoms with Gasteiger partial charge in [0.2, 0.25) is 0 Å². The molecule has 0 amide bonds. The molecule has 0 aromatic heterocycles. The fourth-order valence-electron chi connectivity index (χ4n) is 1.24. The fourth-order valence-corrected chi connectivity index (χ4v) is 1.42. The molecule has 0 saturated heterocycles. The quantitative estimate of drug-likeness (QED) is 0.798. The van der Waals surface area contributed by atoms with E-state index in [0.717, 1.165) is 11.3 Å². The third-order valence-electron chi connectivity index (χ3n) is 2.03. The highest BCUT2D eigenvalue weighted by Crippen LogP contribution is 2.27. The van der Waals surface area contributed by atoms with E-state index in [1.165, 1.54) is 0 Å². The van der Waals surface area contributed by atoms with E-state index in [1.807, 2.05) is 38.1 Å². The number of ether oxygens (including phenoxy) is 1. The molecule has 0 radical (unpaired) electrons. The van der Waals surface area contributed by atoms with E-state index in [1.54, 1.807) is 6.07 Å². The zero-order valence-corrected chi connectivity index (χ0v) is 9.79. The molecule has 15 heavy (non-hydrogen) atoms. The zero-order valence-electron chi connectivity index (χ0n) is 9.03. The number of hydrogen-bond donors (Lipinski definition) is 1. The first-order valence-corrected chi connectivity index (χ1v) is 5.32. The van der Waals surface area contributed by atoms with Crippen LogP contribution < -0.4 is 10.5 Å². The van der Waals surface area contributed by atoms with Gasteiger partial charge < -0.3 is 10.5 Å². The number of rotatable bonds is 4. The standard InChI is InChI=1S/C12H16ClNO/c1-3-4-7-15-12-6-5-10(13)8-11(12)9(2)14/h3-6,8-9H,7,14H2,1-2H3. The van der Waals surface area contributed by atoms with Crippen molar-refractivity contribution in [1.29, 1.82) is 0 Å². The Morgan fingerprint density at radius 3 is 2.87 bits per heavy atom. The SMILES string of the molecule is CC=CCOc1ccc(Cl)cc1C(C)N. The first kappa shape index (κ1) is 12.1. The molecule has 82 valence electrons. The maximum Gasteiger partial charge on any atom is 0.124 e. The minimum atomic E-state index is -0.0793. The smallest absolute Gasteiger partial charge is 0.124 e. The Bertz CT molecular complexity index is 347. The molecule has 2 nitrogen and oxygen atoms in total. The van der Waals surface area contributed by atoms with Gasteiger partial charge in [-0.05, 0) is 32.0 Å². The van der Waals surface area contributed by atoms with Crippen LogP contribution in [0.5, 0.6) is 5.75 Å². The molecule has 0 spiro atoms. The van der Waals surface area contributed by atoms with Gasteiger partial charge in [0.15, 0.2) is 0 Å². The largest absolute Gasteiger partial charge is 0.489 e. The normalized spacial score (nSPS) is 13.1. The van der Waals surface area contributed by atoms with E-state index < -0.39 is 0 Å². The van der Waals surface area contributed by atoms with Gasteiger partial charge in [-0.3, -0.25) is 0 Å². The Morgan fingerprint density at radius 1 is 1.53 bits per heavy atom. The molecule has 0 aliphatic rings. The molecule has 0 aliphatic carbocycles. The molecule has 0 fully saturated rings. The van der Waals surface area contributed by atoms with Gasteiger partial charge in [0.25, 0.3) is 0 Å². The molecular weight excluding hydrogens is 210 g/mol. The monoisotopic (exact) mass is 225 g/mol. The van der Waals surface area contributed by atoms with Crippen LogP contribution in [0.25, 0.3) is 0 Å². The molecule has 0 heterocycles. The minimum Gasteiger partial charge on any atom is -0.489 e. The number of allylic oxidation sites excluding steroid dienone is 1. The van der Waals surface area contributed by atoms with Gasteiger partial charge in [-0.1, -0.05) is 23.8 Å². The summed E-state index contributed by atoms with van der Waals surface area (Å²) in [5.41, 5.74) is 6.77. The first-order chi connectivity index (χ1) is 7.15. The van der Waals surface area contributed by atoms with Crippen LogP contribution in [-0.4, -0.2) is 6.61 Å². The van der Waals surface area contributed by atoms with Crippen molar-refractivity contribution in [3.05, 3.63) is 40.9 Å². The summed E-state index contributed by atoms with van der Waals surface area (Å²) in [4.78, 5) is 0. The van der Waals surface area contributed by atoms with Gasteiger partial charge in [0.1, 0.15) is 12.4 Å². The lowest BCUT2D eigenvalue weighted by Gasteiger charge is -2.13. The molecule has 1 aromatic carbocycles. The third kappa shape index (κ3) is 3.57. The lowest BCUT2D eigenvalue weighted by Crippen LogP contribution is -2.08. The minimum absolute atomic E-state index is 0.0793. The Balaban J connectivity index is 2.85. The van der Waals surface area contributed by atoms with E-state index >= 15 is 0 Å². The second-order valence-electron chi connectivity index (χ2n) is 3.35. The predicted molar refractivity (Wildman–Crippen MR) is 64.4 cm³/mol. The van der Waals surface area contributed by atoms with Gasteiger partial charge in [0, 0.05) is 16.6 Å². The average molecular weight is 226 g/mol. The number of benzene rings is 1. The summed E-state index contributed by atoms with van der Waals surface area (Å²) in [5, 5.41) is 0.681. The summed E-state index contributed by atoms with van der Waals surface area (Å²) in [7, 11) is 0. The molecular formula is C12H16ClNO. The highest BCUT2D eigenvalue weighted by Gasteiger charge is 2.08. The molecule has 1 atom stereocenters. The first-order valence-electron chi connectivity index (χ1n) is 4.94. The lowest BCUT2D eigenvalue weighted by atomic mass is 10.1. The number of hydrogen-bond acceptors (Lipinski definition) is 2. The lowest BCUT2D eigenvalue weighted by molar-refractivity contribution is 0.356. The Morgan fingerprint density at radius 2 is 2.27 bits per heavy atom. The molecule has 1 unspecified atom stereocenters. The van der Waals surface area contributed by atoms with Gasteiger partial charge in [-0.25, -0.2) is 0 Å². The van der Waals surface area contributed by atoms with Crippen LogP contribution in [0, 0.1) is 0 Å². The van der Waals surface area contributed by atoms with Crippen LogP contribution in [0.1, 0.15) is 25.5 Å². The van der Waals surface area contributed by atoms with Crippen LogP contribution in [0.3, 0.4) is 0 Å². The van der Waals surface area contributed by atoms with Crippen molar-refractivity contribution in [2.24, 2.45) is 5.73 Å². The summed E-state index contributed by atoms with van der Waals surface area (Å²) in [6.45, 7) is 4.42. The van der Waals surface area contributed by atoms with Gasteiger partial charge in [-0.15, -0.1) is 0 Å². The summed E-state index contributed by atoms with van der Waals surface area (Å²) in [5.74, 6) is 0.799. The van der Waals surface area contributed by atoms with Crippen molar-refractivity contribution >= 4 is 11.6 Å². The predicted octanol–water partition coefficient (Wildman–Crippen LogP) is 3.31. The maximum atomic E-state index is 5.90. The van der Waals surface area contributed by atoms with Crippen molar-refractivity contribution in [2.45, 2.75) is 19.9 Å². The third-order valence-corrected chi connectivity index (χ3v) is 2.27. The molecule has 1 aromatic rings. The molecule has 3 heteroatoms. The van der Waals surface area contributed by atoms with E-state index in [2.05, 4.69) is 0 Å². The maximum absolute atomic E-state index is 5.90. The Hall–Kier alpha value is -0.990. The van der Waals surface area contributed by atoms with E-state index in [9.17, 15) is 0 Å². The van der Waals surface area contributed by atoms with Crippen LogP contribution in [0.4, 0.5) is 0 Å². The van der Waals surface area contributed by atoms with Crippen molar-refractivity contribution in [3.8, 4) is 5.75 Å². The van der Waals surface area contributed by atoms with Crippen LogP contribution in [0.2, 0.25) is 5.02 Å². The Labute approximate surface area is 95.7 Å². The van der Waals surface area contributed by atoms with E-state index in [4.69, 9.17) is 22.1 Å². The number of nitrogens with two attached hydrogens (primary N) is 1. The van der Waals surface area contributed by atoms with E-state index in [0.29, 0.717) is 11.6 Å². The second-order valence-corrected chi connectivity index (χ2v) is 3.79. The van der Waals surface area contributed by atoms with Crippen LogP contribution >= 0.6 is 11.6 Å².